The topological polar surface area (TPSA) is 104 Å². The molecule has 7 nitrogen and oxygen atoms in total. The van der Waals surface area contributed by atoms with Gasteiger partial charge < -0.3 is 10.5 Å². The molecule has 100 valence electrons. The first-order valence-electron chi connectivity index (χ1n) is 4.81. The van der Waals surface area contributed by atoms with E-state index in [1.807, 2.05) is 0 Å². The van der Waals surface area contributed by atoms with Crippen molar-refractivity contribution in [1.29, 1.82) is 0 Å². The lowest BCUT2D eigenvalue weighted by Crippen LogP contribution is -2.00. The van der Waals surface area contributed by atoms with Crippen molar-refractivity contribution in [2.24, 2.45) is 0 Å². The highest BCUT2D eigenvalue weighted by Crippen LogP contribution is 2.38. The minimum atomic E-state index is -0.569. The third-order valence-electron chi connectivity index (χ3n) is 2.01. The highest BCUT2D eigenvalue weighted by atomic mass is 79.9. The number of benzene rings is 1. The average molecular weight is 366 g/mol. The Morgan fingerprint density at radius 2 is 2.26 bits per heavy atom. The summed E-state index contributed by atoms with van der Waals surface area (Å²) in [4.78, 5) is 10.4. The molecule has 1 aromatic carbocycles. The van der Waals surface area contributed by atoms with E-state index in [9.17, 15) is 10.1 Å². The van der Waals surface area contributed by atoms with E-state index in [0.717, 1.165) is 11.3 Å². The molecule has 0 amide bonds. The van der Waals surface area contributed by atoms with Gasteiger partial charge in [0.15, 0.2) is 5.01 Å². The fourth-order valence-electron chi connectivity index (χ4n) is 1.28. The zero-order valence-corrected chi connectivity index (χ0v) is 12.3. The van der Waals surface area contributed by atoms with Gasteiger partial charge in [-0.2, -0.15) is 0 Å². The molecule has 2 aromatic rings. The summed E-state index contributed by atoms with van der Waals surface area (Å²) in [6.07, 6.45) is 0. The lowest BCUT2D eigenvalue weighted by atomic mass is 10.3. The number of nitro benzene ring substituents is 1. The Morgan fingerprint density at radius 3 is 2.84 bits per heavy atom. The van der Waals surface area contributed by atoms with Gasteiger partial charge in [0, 0.05) is 11.1 Å². The molecule has 0 atom stereocenters. The minimum Gasteiger partial charge on any atom is -0.479 e. The molecule has 10 heteroatoms. The molecular weight excluding hydrogens is 360 g/mol. The van der Waals surface area contributed by atoms with Crippen molar-refractivity contribution < 1.29 is 9.66 Å². The zero-order chi connectivity index (χ0) is 14.0. The molecule has 0 saturated carbocycles. The van der Waals surface area contributed by atoms with Gasteiger partial charge in [-0.3, -0.25) is 10.1 Å². The van der Waals surface area contributed by atoms with Gasteiger partial charge in [-0.15, -0.1) is 10.2 Å². The van der Waals surface area contributed by atoms with Crippen LogP contribution in [0, 0.1) is 10.1 Å². The lowest BCUT2D eigenvalue weighted by Gasteiger charge is -2.07. The molecule has 0 saturated heterocycles. The van der Waals surface area contributed by atoms with E-state index in [2.05, 4.69) is 26.1 Å². The Hall–Kier alpha value is -1.45. The van der Waals surface area contributed by atoms with Crippen LogP contribution < -0.4 is 10.5 Å². The van der Waals surface area contributed by atoms with E-state index in [4.69, 9.17) is 22.1 Å². The molecular formula is C9H6BrClN4O3S. The van der Waals surface area contributed by atoms with Crippen molar-refractivity contribution in [3.63, 3.8) is 0 Å². The smallest absolute Gasteiger partial charge is 0.313 e. The summed E-state index contributed by atoms with van der Waals surface area (Å²) in [5.41, 5.74) is 5.20. The van der Waals surface area contributed by atoms with Crippen LogP contribution in [-0.2, 0) is 6.61 Å². The van der Waals surface area contributed by atoms with Crippen LogP contribution in [-0.4, -0.2) is 15.1 Å². The average Bonchev–Trinajstić information content (AvgIpc) is 2.73. The summed E-state index contributed by atoms with van der Waals surface area (Å²) in [6, 6.07) is 2.73. The van der Waals surface area contributed by atoms with E-state index < -0.39 is 4.92 Å². The molecule has 1 aromatic heterocycles. The first kappa shape index (κ1) is 14.0. The second kappa shape index (κ2) is 5.68. The number of nitrogens with two attached hydrogens (primary N) is 1. The molecule has 0 spiro atoms. The first-order chi connectivity index (χ1) is 8.97. The molecule has 0 aliphatic heterocycles. The largest absolute Gasteiger partial charge is 0.479 e. The number of nitrogen functional groups attached to an aromatic ring is 1. The van der Waals surface area contributed by atoms with E-state index in [-0.39, 0.29) is 23.1 Å². The number of anilines is 1. The Bertz CT molecular complexity index is 636. The van der Waals surface area contributed by atoms with Crippen LogP contribution >= 0.6 is 38.9 Å². The summed E-state index contributed by atoms with van der Waals surface area (Å²) in [5.74, 6) is 0.0863. The van der Waals surface area contributed by atoms with Crippen LogP contribution in [0.3, 0.4) is 0 Å². The molecule has 0 bridgehead atoms. The van der Waals surface area contributed by atoms with Gasteiger partial charge in [0.25, 0.3) is 0 Å². The van der Waals surface area contributed by atoms with Gasteiger partial charge in [0.1, 0.15) is 6.61 Å². The second-order valence-corrected chi connectivity index (χ2v) is 5.70. The Kier molecular flexibility index (Phi) is 4.17. The normalized spacial score (nSPS) is 10.4. The number of nitrogens with zero attached hydrogens (tertiary/aromatic N) is 3. The van der Waals surface area contributed by atoms with Crippen molar-refractivity contribution >= 4 is 49.7 Å². The molecule has 1 heterocycles. The molecule has 0 radical (unpaired) electrons. The highest BCUT2D eigenvalue weighted by molar-refractivity contribution is 9.10. The van der Waals surface area contributed by atoms with E-state index in [1.165, 1.54) is 12.1 Å². The first-order valence-corrected chi connectivity index (χ1v) is 6.80. The minimum absolute atomic E-state index is 0.0376. The molecule has 0 fully saturated rings. The third kappa shape index (κ3) is 3.31. The molecule has 2 rings (SSSR count). The molecule has 0 aliphatic carbocycles. The Morgan fingerprint density at radius 1 is 1.53 bits per heavy atom. The van der Waals surface area contributed by atoms with Crippen LogP contribution in [0.25, 0.3) is 0 Å². The van der Waals surface area contributed by atoms with Crippen LogP contribution in [0.2, 0.25) is 5.02 Å². The fraction of sp³-hybridized carbons (Fsp3) is 0.111. The number of halogens is 2. The maximum atomic E-state index is 10.9. The van der Waals surface area contributed by atoms with Crippen LogP contribution in [0.4, 0.5) is 10.8 Å². The van der Waals surface area contributed by atoms with Gasteiger partial charge in [-0.25, -0.2) is 0 Å². The Balaban J connectivity index is 2.26. The van der Waals surface area contributed by atoms with Crippen LogP contribution in [0.1, 0.15) is 5.01 Å². The monoisotopic (exact) mass is 364 g/mol. The van der Waals surface area contributed by atoms with Gasteiger partial charge >= 0.3 is 5.69 Å². The number of aromatic nitrogens is 2. The quantitative estimate of drug-likeness (QED) is 0.659. The summed E-state index contributed by atoms with van der Waals surface area (Å²) in [6.45, 7) is 0.0376. The van der Waals surface area contributed by atoms with Crippen LogP contribution in [0.15, 0.2) is 16.6 Å². The number of ether oxygens (including phenoxy) is 1. The number of nitro groups is 1. The van der Waals surface area contributed by atoms with Gasteiger partial charge in [0.2, 0.25) is 10.9 Å². The molecule has 0 aliphatic rings. The molecule has 2 N–H and O–H groups in total. The van der Waals surface area contributed by atoms with Gasteiger partial charge in [-0.05, 0) is 22.0 Å². The SMILES string of the molecule is Nc1nnc(COc2c(Br)cc(Cl)cc2[N+](=O)[O-])s1. The van der Waals surface area contributed by atoms with Crippen molar-refractivity contribution in [3.05, 3.63) is 36.8 Å². The second-order valence-electron chi connectivity index (χ2n) is 3.32. The van der Waals surface area contributed by atoms with Crippen LogP contribution in [0.5, 0.6) is 5.75 Å². The summed E-state index contributed by atoms with van der Waals surface area (Å²) >= 11 is 10.1. The van der Waals surface area contributed by atoms with Crippen molar-refractivity contribution in [1.82, 2.24) is 10.2 Å². The van der Waals surface area contributed by atoms with Gasteiger partial charge in [0.05, 0.1) is 9.40 Å². The zero-order valence-electron chi connectivity index (χ0n) is 9.17. The maximum Gasteiger partial charge on any atom is 0.313 e. The summed E-state index contributed by atoms with van der Waals surface area (Å²) in [7, 11) is 0. The number of hydrogen-bond acceptors (Lipinski definition) is 7. The Labute approximate surface area is 124 Å². The highest BCUT2D eigenvalue weighted by Gasteiger charge is 2.20. The standard InChI is InChI=1S/C9H6BrClN4O3S/c10-5-1-4(11)2-6(15(16)17)8(5)18-3-7-13-14-9(12)19-7/h1-2H,3H2,(H2,12,14). The molecule has 19 heavy (non-hydrogen) atoms. The van der Waals surface area contributed by atoms with E-state index in [0.29, 0.717) is 14.6 Å². The van der Waals surface area contributed by atoms with E-state index in [1.54, 1.807) is 0 Å². The predicted molar refractivity (Wildman–Crippen MR) is 74.5 cm³/mol. The van der Waals surface area contributed by atoms with Crippen molar-refractivity contribution in [2.75, 3.05) is 5.73 Å². The van der Waals surface area contributed by atoms with E-state index >= 15 is 0 Å². The predicted octanol–water partition coefficient (Wildman–Crippen LogP) is 3.02. The number of rotatable bonds is 4. The summed E-state index contributed by atoms with van der Waals surface area (Å²) in [5, 5.41) is 19.4. The number of hydrogen-bond donors (Lipinski definition) is 1. The van der Waals surface area contributed by atoms with Crippen molar-refractivity contribution in [2.45, 2.75) is 6.61 Å². The molecule has 0 unspecified atom stereocenters. The van der Waals surface area contributed by atoms with Gasteiger partial charge in [-0.1, -0.05) is 22.9 Å². The third-order valence-corrected chi connectivity index (χ3v) is 3.54. The van der Waals surface area contributed by atoms with Crippen molar-refractivity contribution in [3.8, 4) is 5.75 Å². The maximum absolute atomic E-state index is 10.9. The summed E-state index contributed by atoms with van der Waals surface area (Å²) < 4.78 is 5.78. The lowest BCUT2D eigenvalue weighted by molar-refractivity contribution is -0.386. The fourth-order valence-corrected chi connectivity index (χ4v) is 2.72.